The summed E-state index contributed by atoms with van der Waals surface area (Å²) in [4.78, 5) is 78.7. The molecule has 4 aromatic carbocycles. The number of aromatic nitrogens is 5. The number of nitrogens with zero attached hydrogens (tertiary/aromatic N) is 10. The number of thiazole rings is 1. The first kappa shape index (κ1) is 55.1. The van der Waals surface area contributed by atoms with E-state index in [9.17, 15) is 29.1 Å². The number of likely N-dealkylation sites (tertiary alicyclic amines) is 1. The van der Waals surface area contributed by atoms with Crippen LogP contribution in [0.5, 0.6) is 0 Å². The summed E-state index contributed by atoms with van der Waals surface area (Å²) in [6, 6.07) is 34.2. The molecule has 80 heavy (non-hydrogen) atoms. The van der Waals surface area contributed by atoms with Crippen molar-refractivity contribution in [3.63, 3.8) is 0 Å². The Kier molecular flexibility index (Phi) is 16.9. The molecule has 7 aromatic rings. The summed E-state index contributed by atoms with van der Waals surface area (Å²) in [6.45, 7) is 4.27. The van der Waals surface area contributed by atoms with Gasteiger partial charge < -0.3 is 40.1 Å². The van der Waals surface area contributed by atoms with Gasteiger partial charge in [0.05, 0.1) is 54.8 Å². The second-order valence-electron chi connectivity index (χ2n) is 20.3. The lowest BCUT2D eigenvalue weighted by atomic mass is 9.89. The van der Waals surface area contributed by atoms with E-state index in [2.05, 4.69) is 38.0 Å². The van der Waals surface area contributed by atoms with Gasteiger partial charge in [-0.15, -0.1) is 16.5 Å². The molecule has 0 spiro atoms. The van der Waals surface area contributed by atoms with Crippen LogP contribution in [-0.2, 0) is 27.9 Å². The van der Waals surface area contributed by atoms with Gasteiger partial charge in [0.2, 0.25) is 16.9 Å². The summed E-state index contributed by atoms with van der Waals surface area (Å²) >= 11 is 2.79. The summed E-state index contributed by atoms with van der Waals surface area (Å²) in [6.07, 6.45) is 3.20. The first-order valence-corrected chi connectivity index (χ1v) is 28.3. The molecule has 4 amide bonds. The van der Waals surface area contributed by atoms with Crippen molar-refractivity contribution in [2.24, 2.45) is 17.3 Å². The number of hydrogen-bond acceptors (Lipinski definition) is 15. The average Bonchev–Trinajstić information content (AvgIpc) is 4.41. The number of carbonyl (C=O) groups is 4. The van der Waals surface area contributed by atoms with E-state index in [1.165, 1.54) is 27.8 Å². The Morgan fingerprint density at radius 3 is 2.31 bits per heavy atom. The van der Waals surface area contributed by atoms with Crippen LogP contribution in [0.2, 0.25) is 0 Å². The molecule has 10 rings (SSSR count). The van der Waals surface area contributed by atoms with Crippen LogP contribution in [0.1, 0.15) is 70.5 Å². The van der Waals surface area contributed by atoms with Gasteiger partial charge in [-0.25, -0.2) is 4.98 Å². The first-order valence-electron chi connectivity index (χ1n) is 26.5. The monoisotopic (exact) mass is 1120 g/mol. The van der Waals surface area contributed by atoms with Crippen molar-refractivity contribution in [2.45, 2.75) is 56.2 Å². The van der Waals surface area contributed by atoms with Gasteiger partial charge in [-0.2, -0.15) is 14.9 Å². The molecule has 3 aliphatic heterocycles. The van der Waals surface area contributed by atoms with Crippen LogP contribution < -0.4 is 21.1 Å². The minimum absolute atomic E-state index is 0.0695. The molecule has 3 aliphatic rings. The molecule has 6 heterocycles. The number of piperidine rings is 1. The maximum absolute atomic E-state index is 13.9. The Morgan fingerprint density at radius 1 is 0.887 bits per heavy atom. The lowest BCUT2D eigenvalue weighted by Gasteiger charge is -2.43. The number of azo groups is 1. The molecule has 0 aliphatic carbocycles. The number of carbonyl (C=O) groups excluding carboxylic acids is 4. The Labute approximate surface area is 471 Å². The minimum atomic E-state index is -1.13. The number of β-amino-alcohol motifs (C(OH)–C–C–N with tert-alkyl or cyclic N) is 1. The topological polar surface area (TPSA) is 228 Å². The van der Waals surface area contributed by atoms with Gasteiger partial charge in [0, 0.05) is 94.0 Å². The number of aryl methyl sites for hydroxylation is 1. The van der Waals surface area contributed by atoms with Crippen molar-refractivity contribution < 1.29 is 29.0 Å². The van der Waals surface area contributed by atoms with Gasteiger partial charge in [0.25, 0.3) is 11.8 Å². The fraction of sp³-hybridized carbons (Fsp3) is 0.328. The Morgan fingerprint density at radius 2 is 1.60 bits per heavy atom. The second-order valence-corrected chi connectivity index (χ2v) is 22.1. The van der Waals surface area contributed by atoms with Crippen molar-refractivity contribution in [1.29, 1.82) is 0 Å². The third-order valence-corrected chi connectivity index (χ3v) is 16.3. The summed E-state index contributed by atoms with van der Waals surface area (Å²) in [7, 11) is 5.61. The fourth-order valence-electron chi connectivity index (χ4n) is 10.00. The maximum atomic E-state index is 13.9. The maximum Gasteiger partial charge on any atom is 0.301 e. The van der Waals surface area contributed by atoms with E-state index >= 15 is 0 Å². The molecule has 0 saturated carbocycles. The molecule has 1 fully saturated rings. The molecule has 3 aromatic heterocycles. The van der Waals surface area contributed by atoms with E-state index in [-0.39, 0.29) is 85.7 Å². The lowest BCUT2D eigenvalue weighted by Crippen LogP contribution is -2.56. The van der Waals surface area contributed by atoms with Gasteiger partial charge in [0.15, 0.2) is 16.9 Å². The number of ether oxygens (including phenoxy) is 1. The first-order chi connectivity index (χ1) is 38.7. The van der Waals surface area contributed by atoms with E-state index in [1.54, 1.807) is 40.9 Å². The van der Waals surface area contributed by atoms with Gasteiger partial charge in [-0.3, -0.25) is 33.8 Å². The number of rotatable bonds is 20. The third-order valence-electron chi connectivity index (χ3n) is 14.5. The van der Waals surface area contributed by atoms with Crippen LogP contribution in [0, 0.1) is 0 Å². The zero-order chi connectivity index (χ0) is 55.9. The van der Waals surface area contributed by atoms with Crippen molar-refractivity contribution in [3.05, 3.63) is 159 Å². The number of fused-ring (bicyclic) bond motifs is 1. The summed E-state index contributed by atoms with van der Waals surface area (Å²) in [5.74, 6) is -0.546. The fourth-order valence-corrected chi connectivity index (χ4v) is 11.6. The highest BCUT2D eigenvalue weighted by Gasteiger charge is 2.41. The number of thioether (sulfide) groups is 1. The Hall–Kier alpha value is -8.18. The SMILES string of the molecule is C[C@H](CC(=O)N1CCC(O)(CN2CN(C)c3c(nn(C)c3-c3ccc(CNC(=O)CCOCCNC(=O)c4ccc(-c5csc(-n6[nH]c(-c7ccccc7)c(N=NC7SC=CN7C)c6=O)n5)cc4)cc3)C2=O)CC1)c1ccccc1. The quantitative estimate of drug-likeness (QED) is 0.0425. The largest absolute Gasteiger partial charge is 0.388 e. The molecular weight excluding hydrogens is 1050 g/mol. The highest BCUT2D eigenvalue weighted by Crippen LogP contribution is 2.38. The summed E-state index contributed by atoms with van der Waals surface area (Å²) < 4.78 is 8.74. The van der Waals surface area contributed by atoms with E-state index in [0.717, 1.165) is 33.5 Å². The number of nitrogens with one attached hydrogen (secondary N) is 3. The normalized spacial score (nSPS) is 16.4. The molecule has 0 bridgehead atoms. The number of H-pyrrole nitrogens is 1. The van der Waals surface area contributed by atoms with Gasteiger partial charge in [0.1, 0.15) is 0 Å². The number of aliphatic hydroxyl groups is 1. The molecule has 414 valence electrons. The second kappa shape index (κ2) is 24.5. The molecular formula is C58H63N13O7S2. The Balaban J connectivity index is 0.643. The van der Waals surface area contributed by atoms with Crippen LogP contribution in [-0.4, -0.2) is 139 Å². The molecule has 20 nitrogen and oxygen atoms in total. The molecule has 4 N–H and O–H groups in total. The zero-order valence-electron chi connectivity index (χ0n) is 44.9. The minimum Gasteiger partial charge on any atom is -0.388 e. The van der Waals surface area contributed by atoms with Crippen LogP contribution in [0.3, 0.4) is 0 Å². The summed E-state index contributed by atoms with van der Waals surface area (Å²) in [5.41, 5.74) is 6.25. The van der Waals surface area contributed by atoms with Crippen molar-refractivity contribution in [1.82, 2.24) is 49.9 Å². The van der Waals surface area contributed by atoms with E-state index in [4.69, 9.17) is 9.72 Å². The van der Waals surface area contributed by atoms with E-state index < -0.39 is 5.60 Å². The molecule has 0 radical (unpaired) electrons. The standard InChI is InChI=1S/C58H63N13O7S2/c1-38(40-11-7-5-8-12-40)33-47(73)69-27-24-58(77,25-28-69)36-70-37-67(3)52-50(54(70)75)64-68(4)51(52)43-17-15-39(16-18-43)34-60-46(72)23-30-78-31-26-59-53(74)44-21-19-41(20-22-44)45-35-80-56(61-45)71-55(76)49(62-63-57-66(2)29-32-79-57)48(65-71)42-13-9-6-10-14-42/h5-22,29,32,35,38,57,65,77H,23-28,30-31,33-34,36-37H2,1-4H3,(H,59,74)(H,60,72)/t38-,57?/m1/s1. The molecule has 2 atom stereocenters. The average molecular weight is 1120 g/mol. The summed E-state index contributed by atoms with van der Waals surface area (Å²) in [5, 5.41) is 38.3. The Bertz CT molecular complexity index is 3460. The van der Waals surface area contributed by atoms with Gasteiger partial charge in [-0.05, 0) is 47.4 Å². The van der Waals surface area contributed by atoms with Crippen molar-refractivity contribution >= 4 is 58.1 Å². The smallest absolute Gasteiger partial charge is 0.301 e. The van der Waals surface area contributed by atoms with Gasteiger partial charge >= 0.3 is 5.56 Å². The van der Waals surface area contributed by atoms with E-state index in [0.29, 0.717) is 72.4 Å². The predicted octanol–water partition coefficient (Wildman–Crippen LogP) is 7.72. The van der Waals surface area contributed by atoms with Crippen LogP contribution in [0.4, 0.5) is 11.4 Å². The number of anilines is 1. The number of amides is 4. The van der Waals surface area contributed by atoms with Crippen LogP contribution in [0.15, 0.2) is 141 Å². The lowest BCUT2D eigenvalue weighted by molar-refractivity contribution is -0.136. The van der Waals surface area contributed by atoms with Crippen LogP contribution >= 0.6 is 23.1 Å². The predicted molar refractivity (Wildman–Crippen MR) is 309 cm³/mol. The zero-order valence-corrected chi connectivity index (χ0v) is 46.6. The van der Waals surface area contributed by atoms with Crippen LogP contribution in [0.25, 0.3) is 38.9 Å². The van der Waals surface area contributed by atoms with Gasteiger partial charge in [-0.1, -0.05) is 116 Å². The number of benzene rings is 4. The number of aromatic amines is 1. The molecule has 1 unspecified atom stereocenters. The molecule has 22 heteroatoms. The molecule has 1 saturated heterocycles. The third kappa shape index (κ3) is 12.5. The van der Waals surface area contributed by atoms with Crippen molar-refractivity contribution in [2.75, 3.05) is 65.1 Å². The number of hydrogen-bond donors (Lipinski definition) is 4. The van der Waals surface area contributed by atoms with E-state index in [1.807, 2.05) is 131 Å². The van der Waals surface area contributed by atoms with Crippen molar-refractivity contribution in [3.8, 4) is 38.9 Å². The highest BCUT2D eigenvalue weighted by atomic mass is 32.2. The highest BCUT2D eigenvalue weighted by molar-refractivity contribution is 8.02.